The molecular formula is C20H11ClI2N2O2. The number of fused-ring (bicyclic) bond motifs is 1. The summed E-state index contributed by atoms with van der Waals surface area (Å²) in [6, 6.07) is 18.5. The number of oxazole rings is 1. The molecule has 1 N–H and O–H groups in total. The van der Waals surface area contributed by atoms with Gasteiger partial charge in [-0.1, -0.05) is 17.7 Å². The molecule has 0 radical (unpaired) electrons. The van der Waals surface area contributed by atoms with E-state index in [4.69, 9.17) is 16.0 Å². The minimum Gasteiger partial charge on any atom is -0.436 e. The van der Waals surface area contributed by atoms with Crippen LogP contribution in [-0.4, -0.2) is 10.9 Å². The molecular weight excluding hydrogens is 589 g/mol. The van der Waals surface area contributed by atoms with Crippen LogP contribution in [0.4, 0.5) is 5.69 Å². The molecule has 1 amide bonds. The topological polar surface area (TPSA) is 55.1 Å². The summed E-state index contributed by atoms with van der Waals surface area (Å²) in [6.07, 6.45) is 0. The summed E-state index contributed by atoms with van der Waals surface area (Å²) in [4.78, 5) is 17.1. The Kier molecular flexibility index (Phi) is 5.38. The molecule has 0 aliphatic heterocycles. The summed E-state index contributed by atoms with van der Waals surface area (Å²) in [5.74, 6) is 0.326. The first-order chi connectivity index (χ1) is 13.0. The van der Waals surface area contributed by atoms with Crippen LogP contribution in [0.25, 0.3) is 22.6 Å². The average Bonchev–Trinajstić information content (AvgIpc) is 3.07. The monoisotopic (exact) mass is 600 g/mol. The van der Waals surface area contributed by atoms with Crippen molar-refractivity contribution in [3.8, 4) is 11.5 Å². The molecule has 4 aromatic rings. The summed E-state index contributed by atoms with van der Waals surface area (Å²) in [5.41, 5.74) is 3.45. The SMILES string of the molecule is O=C(Nc1cccc(-c2nc3cc(Cl)ccc3o2)c1)c1cc(I)ccc1I. The Morgan fingerprint density at radius 3 is 2.74 bits per heavy atom. The van der Waals surface area contributed by atoms with Crippen LogP contribution in [0.3, 0.4) is 0 Å². The van der Waals surface area contributed by atoms with E-state index in [9.17, 15) is 4.79 Å². The third-order valence-electron chi connectivity index (χ3n) is 3.89. The number of nitrogens with one attached hydrogen (secondary N) is 1. The first kappa shape index (κ1) is 18.7. The summed E-state index contributed by atoms with van der Waals surface area (Å²) in [6.45, 7) is 0. The normalized spacial score (nSPS) is 10.9. The fourth-order valence-corrected chi connectivity index (χ4v) is 3.86. The predicted octanol–water partition coefficient (Wildman–Crippen LogP) is 6.61. The number of hydrogen-bond acceptors (Lipinski definition) is 3. The molecule has 1 heterocycles. The minimum absolute atomic E-state index is 0.153. The van der Waals surface area contributed by atoms with Gasteiger partial charge in [0, 0.05) is 23.4 Å². The van der Waals surface area contributed by atoms with E-state index in [1.165, 1.54) is 0 Å². The van der Waals surface area contributed by atoms with E-state index in [1.54, 1.807) is 18.2 Å². The number of nitrogens with zero attached hydrogens (tertiary/aromatic N) is 1. The maximum Gasteiger partial charge on any atom is 0.256 e. The average molecular weight is 601 g/mol. The number of hydrogen-bond donors (Lipinski definition) is 1. The summed E-state index contributed by atoms with van der Waals surface area (Å²) in [7, 11) is 0. The number of amides is 1. The van der Waals surface area contributed by atoms with Crippen LogP contribution in [0.15, 0.2) is 65.1 Å². The van der Waals surface area contributed by atoms with Gasteiger partial charge in [-0.15, -0.1) is 0 Å². The Morgan fingerprint density at radius 1 is 1.04 bits per heavy atom. The minimum atomic E-state index is -0.153. The van der Waals surface area contributed by atoms with Gasteiger partial charge in [-0.25, -0.2) is 4.98 Å². The van der Waals surface area contributed by atoms with E-state index in [1.807, 2.05) is 42.5 Å². The molecule has 0 bridgehead atoms. The zero-order valence-corrected chi connectivity index (χ0v) is 18.7. The first-order valence-electron chi connectivity index (χ1n) is 7.92. The van der Waals surface area contributed by atoms with Gasteiger partial charge in [-0.05, 0) is 99.8 Å². The van der Waals surface area contributed by atoms with Crippen LogP contribution in [-0.2, 0) is 0 Å². The zero-order chi connectivity index (χ0) is 19.0. The molecule has 134 valence electrons. The number of carbonyl (C=O) groups excluding carboxylic acids is 1. The van der Waals surface area contributed by atoms with Gasteiger partial charge in [-0.3, -0.25) is 4.79 Å². The summed E-state index contributed by atoms with van der Waals surface area (Å²) >= 11 is 10.4. The Bertz CT molecular complexity index is 1170. The van der Waals surface area contributed by atoms with Gasteiger partial charge in [0.15, 0.2) is 5.58 Å². The zero-order valence-electron chi connectivity index (χ0n) is 13.7. The maximum atomic E-state index is 12.6. The van der Waals surface area contributed by atoms with Crippen LogP contribution in [0, 0.1) is 7.14 Å². The Morgan fingerprint density at radius 2 is 1.89 bits per heavy atom. The highest BCUT2D eigenvalue weighted by Crippen LogP contribution is 2.28. The predicted molar refractivity (Wildman–Crippen MR) is 124 cm³/mol. The second kappa shape index (κ2) is 7.76. The van der Waals surface area contributed by atoms with Crippen LogP contribution in [0.1, 0.15) is 10.4 Å². The molecule has 0 atom stereocenters. The van der Waals surface area contributed by atoms with Gasteiger partial charge in [-0.2, -0.15) is 0 Å². The molecule has 0 saturated carbocycles. The van der Waals surface area contributed by atoms with Crippen molar-refractivity contribution in [1.82, 2.24) is 4.98 Å². The molecule has 27 heavy (non-hydrogen) atoms. The van der Waals surface area contributed by atoms with Crippen molar-refractivity contribution in [2.45, 2.75) is 0 Å². The highest BCUT2D eigenvalue weighted by molar-refractivity contribution is 14.1. The molecule has 0 saturated heterocycles. The molecule has 3 aromatic carbocycles. The highest BCUT2D eigenvalue weighted by Gasteiger charge is 2.13. The third-order valence-corrected chi connectivity index (χ3v) is 5.74. The fraction of sp³-hybridized carbons (Fsp3) is 0. The molecule has 0 aliphatic rings. The molecule has 0 aliphatic carbocycles. The molecule has 0 fully saturated rings. The van der Waals surface area contributed by atoms with Crippen LogP contribution in [0.2, 0.25) is 5.02 Å². The van der Waals surface area contributed by atoms with E-state index in [0.29, 0.717) is 33.3 Å². The van der Waals surface area contributed by atoms with Crippen LogP contribution < -0.4 is 5.32 Å². The lowest BCUT2D eigenvalue weighted by Crippen LogP contribution is -2.13. The van der Waals surface area contributed by atoms with Crippen molar-refractivity contribution < 1.29 is 9.21 Å². The second-order valence-electron chi connectivity index (χ2n) is 5.79. The number of benzene rings is 3. The van der Waals surface area contributed by atoms with Crippen molar-refractivity contribution in [3.63, 3.8) is 0 Å². The van der Waals surface area contributed by atoms with Gasteiger partial charge >= 0.3 is 0 Å². The molecule has 1 aromatic heterocycles. The van der Waals surface area contributed by atoms with Crippen molar-refractivity contribution in [3.05, 3.63) is 78.4 Å². The summed E-state index contributed by atoms with van der Waals surface area (Å²) in [5, 5.41) is 3.55. The fourth-order valence-electron chi connectivity index (χ4n) is 2.62. The van der Waals surface area contributed by atoms with Crippen molar-refractivity contribution in [2.24, 2.45) is 0 Å². The highest BCUT2D eigenvalue weighted by atomic mass is 127. The Labute approximate surface area is 187 Å². The Hall–Kier alpha value is -1.65. The van der Waals surface area contributed by atoms with Crippen molar-refractivity contribution in [1.29, 1.82) is 0 Å². The lowest BCUT2D eigenvalue weighted by molar-refractivity contribution is 0.102. The van der Waals surface area contributed by atoms with Gasteiger partial charge in [0.2, 0.25) is 5.89 Å². The van der Waals surface area contributed by atoms with Gasteiger partial charge in [0.1, 0.15) is 5.52 Å². The second-order valence-corrected chi connectivity index (χ2v) is 8.63. The van der Waals surface area contributed by atoms with Crippen LogP contribution >= 0.6 is 56.8 Å². The molecule has 4 rings (SSSR count). The summed E-state index contributed by atoms with van der Waals surface area (Å²) < 4.78 is 7.72. The lowest BCUT2D eigenvalue weighted by Gasteiger charge is -2.08. The molecule has 7 heteroatoms. The van der Waals surface area contributed by atoms with Crippen molar-refractivity contribution in [2.75, 3.05) is 5.32 Å². The van der Waals surface area contributed by atoms with Crippen molar-refractivity contribution >= 4 is 79.5 Å². The quantitative estimate of drug-likeness (QED) is 0.270. The third kappa shape index (κ3) is 4.12. The van der Waals surface area contributed by atoms with Gasteiger partial charge in [0.05, 0.1) is 5.56 Å². The maximum absolute atomic E-state index is 12.6. The smallest absolute Gasteiger partial charge is 0.256 e. The number of aromatic nitrogens is 1. The van der Waals surface area contributed by atoms with Gasteiger partial charge < -0.3 is 9.73 Å². The Balaban J connectivity index is 1.63. The van der Waals surface area contributed by atoms with Crippen LogP contribution in [0.5, 0.6) is 0 Å². The number of anilines is 1. The van der Waals surface area contributed by atoms with E-state index in [0.717, 1.165) is 12.7 Å². The van der Waals surface area contributed by atoms with E-state index < -0.39 is 0 Å². The number of halogens is 3. The number of rotatable bonds is 3. The molecule has 0 spiro atoms. The molecule has 4 nitrogen and oxygen atoms in total. The first-order valence-corrected chi connectivity index (χ1v) is 10.5. The number of carbonyl (C=O) groups is 1. The molecule has 0 unspecified atom stereocenters. The largest absolute Gasteiger partial charge is 0.436 e. The van der Waals surface area contributed by atoms with E-state index >= 15 is 0 Å². The lowest BCUT2D eigenvalue weighted by atomic mass is 10.1. The van der Waals surface area contributed by atoms with E-state index in [2.05, 4.69) is 55.5 Å². The van der Waals surface area contributed by atoms with Gasteiger partial charge in [0.25, 0.3) is 5.91 Å². The van der Waals surface area contributed by atoms with E-state index in [-0.39, 0.29) is 5.91 Å². The standard InChI is InChI=1S/C20H11ClI2N2O2/c21-12-4-7-18-17(9-12)25-20(27-18)11-2-1-3-14(8-11)24-19(26)15-10-13(22)5-6-16(15)23/h1-10H,(H,24,26).